The van der Waals surface area contributed by atoms with Crippen molar-refractivity contribution in [2.45, 2.75) is 25.7 Å². The van der Waals surface area contributed by atoms with Gasteiger partial charge < -0.3 is 29.2 Å². The zero-order chi connectivity index (χ0) is 20.9. The molecule has 0 bridgehead atoms. The largest absolute Gasteiger partial charge is 0.394 e. The fourth-order valence-electron chi connectivity index (χ4n) is 2.29. The van der Waals surface area contributed by atoms with E-state index in [4.69, 9.17) is 24.1 Å². The summed E-state index contributed by atoms with van der Waals surface area (Å²) in [6.07, 6.45) is -1.32. The average Bonchev–Trinajstić information content (AvgIpc) is 2.69. The number of aromatic nitrogens is 3. The van der Waals surface area contributed by atoms with Gasteiger partial charge in [0.05, 0.1) is 72.0 Å². The fraction of sp³-hybridized carbons (Fsp3) is 0.812. The molecule has 0 aliphatic carbocycles. The van der Waals surface area contributed by atoms with E-state index >= 15 is 0 Å². The van der Waals surface area contributed by atoms with Crippen molar-refractivity contribution in [1.29, 1.82) is 0 Å². The molecule has 1 atom stereocenters. The molecule has 0 aliphatic rings. The maximum absolute atomic E-state index is 12.6. The molecule has 1 aromatic heterocycles. The van der Waals surface area contributed by atoms with E-state index in [1.807, 2.05) is 0 Å². The first-order chi connectivity index (χ1) is 13.5. The Morgan fingerprint density at radius 3 is 1.57 bits per heavy atom. The molecule has 0 amide bonds. The van der Waals surface area contributed by atoms with Crippen LogP contribution in [0.5, 0.6) is 0 Å². The van der Waals surface area contributed by atoms with Gasteiger partial charge in [-0.2, -0.15) is 0 Å². The molecule has 12 nitrogen and oxygen atoms in total. The van der Waals surface area contributed by atoms with Crippen LogP contribution in [0.15, 0.2) is 14.4 Å². The van der Waals surface area contributed by atoms with E-state index in [9.17, 15) is 19.5 Å². The molecule has 12 heteroatoms. The molecule has 1 aromatic rings. The normalized spacial score (nSPS) is 12.4. The van der Waals surface area contributed by atoms with Gasteiger partial charge in [-0.3, -0.25) is 0 Å². The molecule has 0 fully saturated rings. The Balaban J connectivity index is 3.09. The molecular weight excluding hydrogens is 378 g/mol. The minimum atomic E-state index is -1.32. The fourth-order valence-corrected chi connectivity index (χ4v) is 2.29. The quantitative estimate of drug-likeness (QED) is 0.288. The van der Waals surface area contributed by atoms with E-state index in [1.54, 1.807) is 0 Å². The summed E-state index contributed by atoms with van der Waals surface area (Å²) in [5.74, 6) is 0. The lowest BCUT2D eigenvalue weighted by molar-refractivity contribution is 0.0603. The van der Waals surface area contributed by atoms with E-state index in [0.29, 0.717) is 17.8 Å². The first-order valence-electron chi connectivity index (χ1n) is 8.84. The van der Waals surface area contributed by atoms with E-state index in [0.717, 1.165) is 9.13 Å². The van der Waals surface area contributed by atoms with Gasteiger partial charge in [-0.1, -0.05) is 0 Å². The highest BCUT2D eigenvalue weighted by Crippen LogP contribution is 1.87. The molecule has 28 heavy (non-hydrogen) atoms. The molecular formula is C16H29N3O9. The van der Waals surface area contributed by atoms with Crippen molar-refractivity contribution in [2.24, 2.45) is 0 Å². The molecule has 0 saturated heterocycles. The summed E-state index contributed by atoms with van der Waals surface area (Å²) >= 11 is 0. The van der Waals surface area contributed by atoms with Gasteiger partial charge in [-0.15, -0.1) is 0 Å². The van der Waals surface area contributed by atoms with Crippen LogP contribution in [-0.2, 0) is 38.6 Å². The molecule has 0 saturated carbocycles. The van der Waals surface area contributed by atoms with Gasteiger partial charge in [-0.25, -0.2) is 28.1 Å². The Hall–Kier alpha value is -1.83. The second-order valence-electron chi connectivity index (χ2n) is 5.81. The minimum Gasteiger partial charge on any atom is -0.394 e. The van der Waals surface area contributed by atoms with Crippen LogP contribution in [-0.4, -0.2) is 90.5 Å². The first kappa shape index (κ1) is 24.2. The van der Waals surface area contributed by atoms with Crippen LogP contribution in [0.3, 0.4) is 0 Å². The summed E-state index contributed by atoms with van der Waals surface area (Å²) in [6, 6.07) is 0. The van der Waals surface area contributed by atoms with Crippen LogP contribution in [0, 0.1) is 0 Å². The second-order valence-corrected chi connectivity index (χ2v) is 5.81. The Morgan fingerprint density at radius 1 is 0.750 bits per heavy atom. The molecule has 0 aliphatic heterocycles. The van der Waals surface area contributed by atoms with Gasteiger partial charge in [0, 0.05) is 14.2 Å². The van der Waals surface area contributed by atoms with Crippen LogP contribution in [0.4, 0.5) is 0 Å². The number of nitrogens with zero attached hydrogens (tertiary/aromatic N) is 3. The molecule has 1 unspecified atom stereocenters. The molecule has 1 heterocycles. The van der Waals surface area contributed by atoms with Crippen molar-refractivity contribution in [3.8, 4) is 0 Å². The molecule has 0 spiro atoms. The van der Waals surface area contributed by atoms with E-state index in [-0.39, 0.29) is 39.5 Å². The summed E-state index contributed by atoms with van der Waals surface area (Å²) in [5.41, 5.74) is -2.56. The number of ether oxygens (including phenoxy) is 4. The van der Waals surface area contributed by atoms with Crippen molar-refractivity contribution in [1.82, 2.24) is 13.7 Å². The average molecular weight is 407 g/mol. The predicted octanol–water partition coefficient (Wildman–Crippen LogP) is -3.15. The maximum atomic E-state index is 12.6. The Morgan fingerprint density at radius 2 is 1.18 bits per heavy atom. The van der Waals surface area contributed by atoms with Gasteiger partial charge in [0.25, 0.3) is 0 Å². The zero-order valence-corrected chi connectivity index (χ0v) is 16.2. The van der Waals surface area contributed by atoms with Crippen LogP contribution < -0.4 is 17.1 Å². The number of aliphatic hydroxyl groups excluding tert-OH is 2. The Kier molecular flexibility index (Phi) is 11.6. The molecule has 0 aromatic carbocycles. The third-order valence-electron chi connectivity index (χ3n) is 3.77. The van der Waals surface area contributed by atoms with Gasteiger partial charge in [-0.05, 0) is 0 Å². The van der Waals surface area contributed by atoms with Crippen LogP contribution in [0.1, 0.15) is 0 Å². The standard InChI is InChI=1S/C16H29N3O9/c1-25-7-9-27-5-3-17-14(22)18(4-6-28-10-8-26-2)16(24)19(15(17)23)11-13(21)12-20/h13,20-21H,3-12H2,1-2H3. The molecule has 2 N–H and O–H groups in total. The minimum absolute atomic E-state index is 0.0591. The Bertz CT molecular complexity index is 688. The van der Waals surface area contributed by atoms with Crippen molar-refractivity contribution in [3.05, 3.63) is 31.5 Å². The summed E-state index contributed by atoms with van der Waals surface area (Å²) in [5, 5.41) is 18.6. The smallest absolute Gasteiger partial charge is 0.336 e. The molecule has 1 rings (SSSR count). The van der Waals surface area contributed by atoms with Crippen molar-refractivity contribution >= 4 is 0 Å². The third-order valence-corrected chi connectivity index (χ3v) is 3.77. The highest BCUT2D eigenvalue weighted by molar-refractivity contribution is 4.80. The summed E-state index contributed by atoms with van der Waals surface area (Å²) in [4.78, 5) is 37.7. The summed E-state index contributed by atoms with van der Waals surface area (Å²) < 4.78 is 22.7. The predicted molar refractivity (Wildman–Crippen MR) is 97.7 cm³/mol. The number of aliphatic hydroxyl groups is 2. The lowest BCUT2D eigenvalue weighted by Crippen LogP contribution is -2.56. The summed E-state index contributed by atoms with van der Waals surface area (Å²) in [7, 11) is 3.03. The van der Waals surface area contributed by atoms with E-state index in [2.05, 4.69) is 0 Å². The number of hydrogen-bond donors (Lipinski definition) is 2. The highest BCUT2D eigenvalue weighted by Gasteiger charge is 2.17. The van der Waals surface area contributed by atoms with Gasteiger partial charge >= 0.3 is 17.1 Å². The van der Waals surface area contributed by atoms with Crippen molar-refractivity contribution in [3.63, 3.8) is 0 Å². The molecule has 0 radical (unpaired) electrons. The van der Waals surface area contributed by atoms with Crippen LogP contribution >= 0.6 is 0 Å². The van der Waals surface area contributed by atoms with Crippen LogP contribution in [0.2, 0.25) is 0 Å². The lowest BCUT2D eigenvalue weighted by Gasteiger charge is -2.15. The third kappa shape index (κ3) is 7.30. The van der Waals surface area contributed by atoms with Crippen molar-refractivity contribution in [2.75, 3.05) is 60.5 Å². The molecule has 162 valence electrons. The van der Waals surface area contributed by atoms with Crippen LogP contribution in [0.25, 0.3) is 0 Å². The second kappa shape index (κ2) is 13.4. The SMILES string of the molecule is COCCOCCn1c(=O)n(CCOCCOC)c(=O)n(CC(O)CO)c1=O. The van der Waals surface area contributed by atoms with Crippen molar-refractivity contribution < 1.29 is 29.2 Å². The first-order valence-corrected chi connectivity index (χ1v) is 8.84. The summed E-state index contributed by atoms with van der Waals surface area (Å²) in [6.45, 7) is 0.177. The topological polar surface area (TPSA) is 143 Å². The van der Waals surface area contributed by atoms with E-state index < -0.39 is 36.3 Å². The number of rotatable bonds is 15. The highest BCUT2D eigenvalue weighted by atomic mass is 16.5. The zero-order valence-electron chi connectivity index (χ0n) is 16.2. The van der Waals surface area contributed by atoms with Gasteiger partial charge in [0.2, 0.25) is 0 Å². The maximum Gasteiger partial charge on any atom is 0.336 e. The lowest BCUT2D eigenvalue weighted by atomic mass is 10.4. The van der Waals surface area contributed by atoms with Gasteiger partial charge in [0.1, 0.15) is 0 Å². The van der Waals surface area contributed by atoms with Gasteiger partial charge in [0.15, 0.2) is 0 Å². The Labute approximate surface area is 161 Å². The van der Waals surface area contributed by atoms with E-state index in [1.165, 1.54) is 14.2 Å². The monoisotopic (exact) mass is 407 g/mol. The number of hydrogen-bond acceptors (Lipinski definition) is 9. The number of methoxy groups -OCH3 is 2.